The van der Waals surface area contributed by atoms with Crippen molar-refractivity contribution in [2.75, 3.05) is 24.3 Å². The van der Waals surface area contributed by atoms with E-state index in [0.717, 1.165) is 0 Å². The molecule has 1 amide bonds. The Balaban J connectivity index is 2.23. The van der Waals surface area contributed by atoms with Crippen LogP contribution in [0, 0.1) is 0 Å². The van der Waals surface area contributed by atoms with Crippen LogP contribution in [0.1, 0.15) is 20.3 Å². The van der Waals surface area contributed by atoms with Gasteiger partial charge in [-0.2, -0.15) is 0 Å². The Kier molecular flexibility index (Phi) is 3.42. The van der Waals surface area contributed by atoms with E-state index in [9.17, 15) is 4.79 Å². The minimum absolute atomic E-state index is 0.209. The molecule has 1 aromatic rings. The number of fused-ring (bicyclic) bond motifs is 1. The second-order valence-corrected chi connectivity index (χ2v) is 5.24. The number of nitrogens with one attached hydrogen (secondary N) is 1. The number of rotatable bonds is 4. The topological polar surface area (TPSA) is 99.6 Å². The molecule has 0 saturated carbocycles. The number of anilines is 2. The zero-order valence-electron chi connectivity index (χ0n) is 11.2. The Morgan fingerprint density at radius 3 is 2.47 bits per heavy atom. The third kappa shape index (κ3) is 3.21. The van der Waals surface area contributed by atoms with Crippen LogP contribution in [0.5, 0.6) is 11.5 Å². The maximum Gasteiger partial charge on any atom is 0.219 e. The molecule has 0 bridgehead atoms. The summed E-state index contributed by atoms with van der Waals surface area (Å²) in [6, 6.07) is 3.50. The molecule has 19 heavy (non-hydrogen) atoms. The van der Waals surface area contributed by atoms with Crippen LogP contribution in [-0.2, 0) is 4.79 Å². The molecule has 0 aromatic heterocycles. The first-order valence-corrected chi connectivity index (χ1v) is 6.13. The predicted molar refractivity (Wildman–Crippen MR) is 73.4 cm³/mol. The maximum atomic E-state index is 11.0. The van der Waals surface area contributed by atoms with Gasteiger partial charge in [0.05, 0.1) is 11.4 Å². The van der Waals surface area contributed by atoms with Gasteiger partial charge in [0.25, 0.3) is 0 Å². The summed E-state index contributed by atoms with van der Waals surface area (Å²) in [6.45, 7) is 4.80. The summed E-state index contributed by atoms with van der Waals surface area (Å²) in [5.41, 5.74) is 12.0. The molecule has 0 aliphatic carbocycles. The number of carbonyl (C=O) groups is 1. The molecule has 5 N–H and O–H groups in total. The molecule has 104 valence electrons. The van der Waals surface area contributed by atoms with Crippen molar-refractivity contribution in [3.05, 3.63) is 12.1 Å². The minimum Gasteiger partial charge on any atom is -0.486 e. The molecule has 1 aliphatic rings. The molecular formula is C13H19N3O3. The highest BCUT2D eigenvalue weighted by molar-refractivity contribution is 5.77. The molecule has 2 rings (SSSR count). The molecule has 0 saturated heterocycles. The summed E-state index contributed by atoms with van der Waals surface area (Å²) in [4.78, 5) is 11.0. The van der Waals surface area contributed by atoms with Gasteiger partial charge in [-0.3, -0.25) is 4.79 Å². The van der Waals surface area contributed by atoms with Crippen LogP contribution in [0.3, 0.4) is 0 Å². The monoisotopic (exact) mass is 265 g/mol. The van der Waals surface area contributed by atoms with Crippen LogP contribution >= 0.6 is 0 Å². The Hall–Kier alpha value is -2.11. The summed E-state index contributed by atoms with van der Waals surface area (Å²) < 4.78 is 10.9. The van der Waals surface area contributed by atoms with Crippen LogP contribution in [-0.4, -0.2) is 24.7 Å². The molecule has 6 heteroatoms. The van der Waals surface area contributed by atoms with Crippen LogP contribution in [0.25, 0.3) is 0 Å². The van der Waals surface area contributed by atoms with Gasteiger partial charge in [0, 0.05) is 24.1 Å². The van der Waals surface area contributed by atoms with Crippen LogP contribution < -0.4 is 26.3 Å². The molecule has 1 aliphatic heterocycles. The van der Waals surface area contributed by atoms with E-state index >= 15 is 0 Å². The Morgan fingerprint density at radius 2 is 1.89 bits per heavy atom. The summed E-state index contributed by atoms with van der Waals surface area (Å²) in [5, 5.41) is 3.21. The van der Waals surface area contributed by atoms with Gasteiger partial charge in [-0.1, -0.05) is 0 Å². The smallest absolute Gasteiger partial charge is 0.219 e. The fourth-order valence-electron chi connectivity index (χ4n) is 2.06. The average Bonchev–Trinajstić information content (AvgIpc) is 2.27. The second kappa shape index (κ2) is 4.87. The van der Waals surface area contributed by atoms with E-state index in [1.165, 1.54) is 0 Å². The molecule has 6 nitrogen and oxygen atoms in total. The van der Waals surface area contributed by atoms with Crippen molar-refractivity contribution in [1.29, 1.82) is 0 Å². The number of carbonyl (C=O) groups excluding carboxylic acids is 1. The normalized spacial score (nSPS) is 14.0. The number of hydrogen-bond acceptors (Lipinski definition) is 5. The second-order valence-electron chi connectivity index (χ2n) is 5.24. The van der Waals surface area contributed by atoms with E-state index in [2.05, 4.69) is 5.32 Å². The number of nitrogens with two attached hydrogens (primary N) is 2. The van der Waals surface area contributed by atoms with Crippen molar-refractivity contribution in [1.82, 2.24) is 0 Å². The molecule has 0 unspecified atom stereocenters. The molecule has 1 aromatic carbocycles. The zero-order chi connectivity index (χ0) is 14.0. The fraction of sp³-hybridized carbons (Fsp3) is 0.462. The third-order valence-corrected chi connectivity index (χ3v) is 2.80. The Bertz CT molecular complexity index is 500. The Labute approximate surface area is 112 Å². The van der Waals surface area contributed by atoms with E-state index < -0.39 is 5.54 Å². The lowest BCUT2D eigenvalue weighted by molar-refractivity contribution is -0.118. The third-order valence-electron chi connectivity index (χ3n) is 2.80. The number of nitrogen functional groups attached to an aromatic ring is 1. The van der Waals surface area contributed by atoms with Crippen LogP contribution in [0.15, 0.2) is 12.1 Å². The fourth-order valence-corrected chi connectivity index (χ4v) is 2.06. The number of hydrogen-bond donors (Lipinski definition) is 3. The number of primary amides is 1. The highest BCUT2D eigenvalue weighted by Gasteiger charge is 2.23. The highest BCUT2D eigenvalue weighted by atomic mass is 16.6. The predicted octanol–water partition coefficient (Wildman–Crippen LogP) is 1.11. The van der Waals surface area contributed by atoms with Gasteiger partial charge in [0.15, 0.2) is 11.5 Å². The van der Waals surface area contributed by atoms with Crippen molar-refractivity contribution in [3.8, 4) is 11.5 Å². The zero-order valence-corrected chi connectivity index (χ0v) is 11.2. The van der Waals surface area contributed by atoms with Crippen molar-refractivity contribution in [2.24, 2.45) is 5.73 Å². The summed E-state index contributed by atoms with van der Waals surface area (Å²) in [7, 11) is 0. The highest BCUT2D eigenvalue weighted by Crippen LogP contribution is 2.38. The first-order chi connectivity index (χ1) is 8.87. The number of ether oxygens (including phenoxy) is 2. The molecule has 0 fully saturated rings. The van der Waals surface area contributed by atoms with E-state index in [1.54, 1.807) is 12.1 Å². The van der Waals surface area contributed by atoms with Crippen molar-refractivity contribution in [3.63, 3.8) is 0 Å². The lowest BCUT2D eigenvalue weighted by atomic mass is 9.99. The van der Waals surface area contributed by atoms with Gasteiger partial charge in [0.1, 0.15) is 13.2 Å². The van der Waals surface area contributed by atoms with Gasteiger partial charge in [-0.05, 0) is 13.8 Å². The largest absolute Gasteiger partial charge is 0.486 e. The molecule has 0 spiro atoms. The lowest BCUT2D eigenvalue weighted by Crippen LogP contribution is -2.36. The quantitative estimate of drug-likeness (QED) is 0.708. The van der Waals surface area contributed by atoms with Crippen molar-refractivity contribution in [2.45, 2.75) is 25.8 Å². The van der Waals surface area contributed by atoms with Gasteiger partial charge < -0.3 is 26.3 Å². The van der Waals surface area contributed by atoms with E-state index in [-0.39, 0.29) is 12.3 Å². The van der Waals surface area contributed by atoms with Crippen molar-refractivity contribution >= 4 is 17.3 Å². The summed E-state index contributed by atoms with van der Waals surface area (Å²) in [5.74, 6) is 0.924. The molecule has 0 radical (unpaired) electrons. The van der Waals surface area contributed by atoms with E-state index in [4.69, 9.17) is 20.9 Å². The minimum atomic E-state index is -0.482. The number of amides is 1. The number of benzene rings is 1. The first-order valence-electron chi connectivity index (χ1n) is 6.13. The summed E-state index contributed by atoms with van der Waals surface area (Å²) in [6.07, 6.45) is 0.209. The van der Waals surface area contributed by atoms with Gasteiger partial charge >= 0.3 is 0 Å². The first kappa shape index (κ1) is 13.3. The SMILES string of the molecule is CC(C)(CC(N)=O)Nc1cc2c(cc1N)OCCO2. The molecular weight excluding hydrogens is 246 g/mol. The Morgan fingerprint density at radius 1 is 1.32 bits per heavy atom. The van der Waals surface area contributed by atoms with E-state index in [0.29, 0.717) is 36.1 Å². The van der Waals surface area contributed by atoms with Gasteiger partial charge in [-0.25, -0.2) is 0 Å². The van der Waals surface area contributed by atoms with Crippen LogP contribution in [0.4, 0.5) is 11.4 Å². The van der Waals surface area contributed by atoms with Crippen LogP contribution in [0.2, 0.25) is 0 Å². The maximum absolute atomic E-state index is 11.0. The van der Waals surface area contributed by atoms with Gasteiger partial charge in [-0.15, -0.1) is 0 Å². The van der Waals surface area contributed by atoms with Crippen molar-refractivity contribution < 1.29 is 14.3 Å². The summed E-state index contributed by atoms with van der Waals surface area (Å²) >= 11 is 0. The average molecular weight is 265 g/mol. The lowest BCUT2D eigenvalue weighted by Gasteiger charge is -2.28. The molecule has 1 heterocycles. The van der Waals surface area contributed by atoms with Gasteiger partial charge in [0.2, 0.25) is 5.91 Å². The van der Waals surface area contributed by atoms with E-state index in [1.807, 2.05) is 13.8 Å². The molecule has 0 atom stereocenters. The standard InChI is InChI=1S/C13H19N3O3/c1-13(2,7-12(15)17)16-9-6-11-10(5-8(9)14)18-3-4-19-11/h5-6,16H,3-4,7,14H2,1-2H3,(H2,15,17).